The Kier molecular flexibility index (Phi) is 9.19. The molecule has 0 atom stereocenters. The van der Waals surface area contributed by atoms with Crippen molar-refractivity contribution < 1.29 is 42.4 Å². The van der Waals surface area contributed by atoms with Gasteiger partial charge in [-0.3, -0.25) is 14.6 Å². The van der Waals surface area contributed by atoms with Gasteiger partial charge in [-0.25, -0.2) is 8.78 Å². The molecule has 1 saturated carbocycles. The van der Waals surface area contributed by atoms with Crippen LogP contribution in [0.25, 0.3) is 10.9 Å². The Balaban J connectivity index is 1.02. The van der Waals surface area contributed by atoms with Gasteiger partial charge in [0.05, 0.1) is 23.1 Å². The predicted octanol–water partition coefficient (Wildman–Crippen LogP) is 6.05. The fourth-order valence-electron chi connectivity index (χ4n) is 6.19. The summed E-state index contributed by atoms with van der Waals surface area (Å²) in [6.07, 6.45) is 4.49. The van der Waals surface area contributed by atoms with Crippen molar-refractivity contribution in [3.63, 3.8) is 0 Å². The van der Waals surface area contributed by atoms with Gasteiger partial charge in [0, 0.05) is 49.3 Å². The second-order valence-corrected chi connectivity index (χ2v) is 13.2. The van der Waals surface area contributed by atoms with Crippen molar-refractivity contribution in [1.82, 2.24) is 9.88 Å². The van der Waals surface area contributed by atoms with Crippen LogP contribution in [0.4, 0.5) is 20.2 Å². The number of carbonyl (C=O) groups excluding carboxylic acids is 2. The van der Waals surface area contributed by atoms with Gasteiger partial charge in [-0.15, -0.1) is 0 Å². The van der Waals surface area contributed by atoms with Gasteiger partial charge in [-0.1, -0.05) is 0 Å². The molecule has 0 unspecified atom stereocenters. The van der Waals surface area contributed by atoms with Crippen LogP contribution in [0.5, 0.6) is 28.7 Å². The quantitative estimate of drug-likeness (QED) is 0.127. The molecular formula is C37H38F2N4O7. The lowest BCUT2D eigenvalue weighted by atomic mass is 9.94. The number of benzene rings is 3. The molecule has 2 aliphatic heterocycles. The van der Waals surface area contributed by atoms with Gasteiger partial charge in [-0.2, -0.15) is 0 Å². The Morgan fingerprint density at radius 3 is 2.26 bits per heavy atom. The van der Waals surface area contributed by atoms with E-state index >= 15 is 4.39 Å². The summed E-state index contributed by atoms with van der Waals surface area (Å²) in [7, 11) is 0. The molecule has 262 valence electrons. The summed E-state index contributed by atoms with van der Waals surface area (Å²) in [6.45, 7) is 5.49. The van der Waals surface area contributed by atoms with E-state index in [1.807, 2.05) is 6.92 Å². The van der Waals surface area contributed by atoms with Crippen molar-refractivity contribution in [2.45, 2.75) is 44.6 Å². The Hall–Kier alpha value is -5.01. The molecule has 3 aliphatic rings. The molecule has 2 fully saturated rings. The molecule has 0 spiro atoms. The number of anilines is 2. The number of likely N-dealkylation sites (tertiary alicyclic amines) is 1. The molecule has 1 aromatic heterocycles. The zero-order valence-electron chi connectivity index (χ0n) is 27.6. The molecule has 13 heteroatoms. The predicted molar refractivity (Wildman–Crippen MR) is 181 cm³/mol. The largest absolute Gasteiger partial charge is 0.489 e. The number of pyridine rings is 1. The normalized spacial score (nSPS) is 17.5. The molecule has 3 heterocycles. The van der Waals surface area contributed by atoms with Crippen molar-refractivity contribution in [3.8, 4) is 28.7 Å². The fourth-order valence-corrected chi connectivity index (χ4v) is 6.19. The third-order valence-electron chi connectivity index (χ3n) is 9.38. The van der Waals surface area contributed by atoms with Crippen LogP contribution in [0.2, 0.25) is 0 Å². The number of piperidine rings is 1. The number of carbonyl (C=O) groups is 2. The van der Waals surface area contributed by atoms with Crippen molar-refractivity contribution in [2.75, 3.05) is 50.1 Å². The molecule has 50 heavy (non-hydrogen) atoms. The van der Waals surface area contributed by atoms with Crippen molar-refractivity contribution in [2.24, 2.45) is 5.41 Å². The third kappa shape index (κ3) is 7.15. The number of hydrogen-bond acceptors (Lipinski definition) is 9. The molecule has 2 amide bonds. The highest BCUT2D eigenvalue weighted by Crippen LogP contribution is 2.49. The number of aromatic nitrogens is 1. The molecule has 1 saturated heterocycles. The first kappa shape index (κ1) is 33.5. The number of nitrogens with zero attached hydrogens (tertiary/aromatic N) is 2. The Bertz CT molecular complexity index is 1910. The summed E-state index contributed by atoms with van der Waals surface area (Å²) in [5.41, 5.74) is -0.849. The molecule has 3 N–H and O–H groups in total. The summed E-state index contributed by atoms with van der Waals surface area (Å²) in [6, 6.07) is 12.6. The molecule has 4 aromatic rings. The zero-order chi connectivity index (χ0) is 34.9. The number of aliphatic hydroxyl groups is 1. The lowest BCUT2D eigenvalue weighted by Crippen LogP contribution is -2.42. The van der Waals surface area contributed by atoms with E-state index in [-0.39, 0.29) is 17.2 Å². The highest BCUT2D eigenvalue weighted by Gasteiger charge is 2.56. The van der Waals surface area contributed by atoms with E-state index in [1.165, 1.54) is 36.4 Å². The van der Waals surface area contributed by atoms with Crippen LogP contribution >= 0.6 is 0 Å². The topological polar surface area (TPSA) is 131 Å². The van der Waals surface area contributed by atoms with E-state index in [0.717, 1.165) is 45.0 Å². The number of amides is 2. The van der Waals surface area contributed by atoms with E-state index < -0.39 is 34.5 Å². The van der Waals surface area contributed by atoms with Gasteiger partial charge in [0.2, 0.25) is 17.6 Å². The Labute approximate surface area is 287 Å². The summed E-state index contributed by atoms with van der Waals surface area (Å²) in [5, 5.41) is 16.0. The van der Waals surface area contributed by atoms with Crippen molar-refractivity contribution in [3.05, 3.63) is 72.4 Å². The highest BCUT2D eigenvalue weighted by molar-refractivity contribution is 6.16. The van der Waals surface area contributed by atoms with E-state index in [1.54, 1.807) is 18.3 Å². The minimum Gasteiger partial charge on any atom is -0.489 e. The minimum absolute atomic E-state index is 0.101. The first-order chi connectivity index (χ1) is 24.1. The Morgan fingerprint density at radius 2 is 1.56 bits per heavy atom. The molecule has 11 nitrogen and oxygen atoms in total. The van der Waals surface area contributed by atoms with Crippen LogP contribution in [0.15, 0.2) is 60.8 Å². The van der Waals surface area contributed by atoms with Crippen LogP contribution in [0.1, 0.15) is 39.0 Å². The van der Waals surface area contributed by atoms with Gasteiger partial charge in [0.25, 0.3) is 0 Å². The molecular weight excluding hydrogens is 650 g/mol. The number of fused-ring (bicyclic) bond motifs is 3. The van der Waals surface area contributed by atoms with Crippen LogP contribution in [-0.4, -0.2) is 71.9 Å². The Morgan fingerprint density at radius 1 is 0.880 bits per heavy atom. The zero-order valence-corrected chi connectivity index (χ0v) is 27.6. The van der Waals surface area contributed by atoms with Gasteiger partial charge in [0.15, 0.2) is 23.1 Å². The first-order valence-electron chi connectivity index (χ1n) is 16.7. The number of hydrogen-bond donors (Lipinski definition) is 3. The molecule has 0 radical (unpaired) electrons. The standard InChI is InChI=1S/C37H38F2N4O7/c1-36(46)12-16-43(17-13-36)15-2-18-47-30-22-27-31(33-32(30)48-19-20-49-33)29(9-14-40-27)50-28-8-7-25(21-26(28)39)42-35(45)37(10-11-37)34(44)41-24-5-3-23(38)4-6-24/h3-9,14,21-22,46H,2,10-13,15-20H2,1H3,(H,41,44)(H,42,45). The lowest BCUT2D eigenvalue weighted by Gasteiger charge is -2.35. The van der Waals surface area contributed by atoms with Crippen molar-refractivity contribution >= 4 is 34.1 Å². The van der Waals surface area contributed by atoms with E-state index in [0.29, 0.717) is 66.5 Å². The summed E-state index contributed by atoms with van der Waals surface area (Å²) in [5.74, 6) is -0.765. The monoisotopic (exact) mass is 688 g/mol. The van der Waals surface area contributed by atoms with Crippen LogP contribution in [-0.2, 0) is 9.59 Å². The van der Waals surface area contributed by atoms with E-state index in [9.17, 15) is 19.1 Å². The fraction of sp³-hybridized carbons (Fsp3) is 0.378. The van der Waals surface area contributed by atoms with Crippen LogP contribution < -0.4 is 29.6 Å². The second kappa shape index (κ2) is 13.7. The maximum absolute atomic E-state index is 15.4. The summed E-state index contributed by atoms with van der Waals surface area (Å²) >= 11 is 0. The lowest BCUT2D eigenvalue weighted by molar-refractivity contribution is -0.131. The van der Waals surface area contributed by atoms with Gasteiger partial charge < -0.3 is 39.6 Å². The molecule has 3 aromatic carbocycles. The number of nitrogens with one attached hydrogen (secondary N) is 2. The molecule has 0 bridgehead atoms. The number of ether oxygens (including phenoxy) is 4. The minimum atomic E-state index is -1.30. The summed E-state index contributed by atoms with van der Waals surface area (Å²) in [4.78, 5) is 32.8. The third-order valence-corrected chi connectivity index (χ3v) is 9.38. The molecule has 7 rings (SSSR count). The van der Waals surface area contributed by atoms with Crippen LogP contribution in [0, 0.1) is 17.0 Å². The van der Waals surface area contributed by atoms with Gasteiger partial charge >= 0.3 is 0 Å². The highest BCUT2D eigenvalue weighted by atomic mass is 19.1. The first-order valence-corrected chi connectivity index (χ1v) is 16.7. The van der Waals surface area contributed by atoms with Gasteiger partial charge in [0.1, 0.15) is 30.2 Å². The van der Waals surface area contributed by atoms with Crippen molar-refractivity contribution in [1.29, 1.82) is 0 Å². The van der Waals surface area contributed by atoms with E-state index in [2.05, 4.69) is 20.5 Å². The average molecular weight is 689 g/mol. The van der Waals surface area contributed by atoms with E-state index in [4.69, 9.17) is 18.9 Å². The second-order valence-electron chi connectivity index (χ2n) is 13.2. The number of rotatable bonds is 11. The van der Waals surface area contributed by atoms with Gasteiger partial charge in [-0.05, 0) is 81.5 Å². The maximum Gasteiger partial charge on any atom is 0.240 e. The SMILES string of the molecule is CC1(O)CCN(CCCOc2cc3nccc(Oc4ccc(NC(=O)C5(C(=O)Nc6ccc(F)cc6)CC5)cc4F)c3c3c2OCCO3)CC1. The van der Waals surface area contributed by atoms with Crippen LogP contribution in [0.3, 0.4) is 0 Å². The molecule has 1 aliphatic carbocycles. The summed E-state index contributed by atoms with van der Waals surface area (Å²) < 4.78 is 52.9. The average Bonchev–Trinajstić information content (AvgIpc) is 3.92. The number of halogens is 2. The maximum atomic E-state index is 15.4. The smallest absolute Gasteiger partial charge is 0.240 e.